The van der Waals surface area contributed by atoms with E-state index in [1.165, 1.54) is 0 Å². The summed E-state index contributed by atoms with van der Waals surface area (Å²) >= 11 is 2.16. The second kappa shape index (κ2) is 10.2. The fourth-order valence-electron chi connectivity index (χ4n) is 4.35. The van der Waals surface area contributed by atoms with Crippen molar-refractivity contribution < 1.29 is 9.53 Å². The van der Waals surface area contributed by atoms with Gasteiger partial charge in [0.1, 0.15) is 16.1 Å². The van der Waals surface area contributed by atoms with Crippen LogP contribution in [0.25, 0.3) is 22.3 Å². The maximum absolute atomic E-state index is 13.3. The number of carbonyl (C=O) groups excluding carboxylic acids is 1. The lowest BCUT2D eigenvalue weighted by Crippen LogP contribution is -2.36. The molecule has 5 aromatic rings. The van der Waals surface area contributed by atoms with Gasteiger partial charge in [0.2, 0.25) is 0 Å². The topological polar surface area (TPSA) is 81.1 Å². The lowest BCUT2D eigenvalue weighted by molar-refractivity contribution is 0.0731. The molecular weight excluding hydrogens is 577 g/mol. The molecular formula is C29H22IN5O2. The summed E-state index contributed by atoms with van der Waals surface area (Å²) < 4.78 is 6.71. The van der Waals surface area contributed by atoms with Crippen LogP contribution >= 0.6 is 22.6 Å². The Morgan fingerprint density at radius 2 is 1.81 bits per heavy atom. The van der Waals surface area contributed by atoms with Crippen molar-refractivity contribution in [2.75, 3.05) is 6.54 Å². The predicted molar refractivity (Wildman–Crippen MR) is 149 cm³/mol. The molecule has 2 aromatic carbocycles. The molecule has 0 bridgehead atoms. The highest BCUT2D eigenvalue weighted by Crippen LogP contribution is 2.24. The van der Waals surface area contributed by atoms with Gasteiger partial charge < -0.3 is 9.64 Å². The highest BCUT2D eigenvalue weighted by atomic mass is 127. The Labute approximate surface area is 227 Å². The molecule has 3 aromatic heterocycles. The first-order valence-corrected chi connectivity index (χ1v) is 13.0. The van der Waals surface area contributed by atoms with E-state index in [1.54, 1.807) is 12.4 Å². The van der Waals surface area contributed by atoms with Gasteiger partial charge in [-0.2, -0.15) is 0 Å². The Bertz CT molecular complexity index is 1590. The number of para-hydroxylation sites is 1. The number of carbonyl (C=O) groups is 1. The fourth-order valence-corrected chi connectivity index (χ4v) is 4.67. The molecule has 0 atom stereocenters. The monoisotopic (exact) mass is 599 g/mol. The zero-order valence-corrected chi connectivity index (χ0v) is 22.0. The minimum absolute atomic E-state index is 0.00696. The van der Waals surface area contributed by atoms with Crippen molar-refractivity contribution >= 4 is 39.4 Å². The molecule has 6 rings (SSSR count). The van der Waals surface area contributed by atoms with E-state index < -0.39 is 0 Å². The number of rotatable bonds is 5. The summed E-state index contributed by atoms with van der Waals surface area (Å²) in [6.07, 6.45) is 6.12. The van der Waals surface area contributed by atoms with Crippen molar-refractivity contribution in [1.82, 2.24) is 24.8 Å². The Morgan fingerprint density at radius 1 is 0.946 bits per heavy atom. The van der Waals surface area contributed by atoms with E-state index in [4.69, 9.17) is 9.72 Å². The van der Waals surface area contributed by atoms with Gasteiger partial charge in [0.25, 0.3) is 5.91 Å². The van der Waals surface area contributed by atoms with Crippen LogP contribution in [0.15, 0.2) is 85.3 Å². The van der Waals surface area contributed by atoms with Gasteiger partial charge in [0, 0.05) is 35.5 Å². The number of ether oxygens (including phenoxy) is 1. The molecule has 7 nitrogen and oxygen atoms in total. The molecule has 0 saturated heterocycles. The van der Waals surface area contributed by atoms with Crippen LogP contribution in [0.5, 0.6) is 5.75 Å². The second-order valence-electron chi connectivity index (χ2n) is 8.86. The molecule has 0 saturated carbocycles. The number of aromatic nitrogens is 4. The zero-order chi connectivity index (χ0) is 25.2. The van der Waals surface area contributed by atoms with Crippen molar-refractivity contribution in [1.29, 1.82) is 0 Å². The number of hydrogen-bond acceptors (Lipinski definition) is 6. The van der Waals surface area contributed by atoms with Gasteiger partial charge in [-0.05, 0) is 76.5 Å². The summed E-state index contributed by atoms with van der Waals surface area (Å²) in [6, 6.07) is 21.4. The van der Waals surface area contributed by atoms with Crippen molar-refractivity contribution in [2.45, 2.75) is 19.6 Å². The average molecular weight is 599 g/mol. The van der Waals surface area contributed by atoms with Crippen LogP contribution in [0.2, 0.25) is 0 Å². The van der Waals surface area contributed by atoms with Crippen LogP contribution in [0.1, 0.15) is 27.2 Å². The summed E-state index contributed by atoms with van der Waals surface area (Å²) in [5.74, 6) is 1.33. The number of pyridine rings is 2. The van der Waals surface area contributed by atoms with Gasteiger partial charge in [-0.15, -0.1) is 0 Å². The van der Waals surface area contributed by atoms with Crippen LogP contribution in [-0.4, -0.2) is 37.3 Å². The van der Waals surface area contributed by atoms with Crippen LogP contribution < -0.4 is 4.74 Å². The molecule has 0 radical (unpaired) electrons. The lowest BCUT2D eigenvalue weighted by Gasteiger charge is -2.28. The quantitative estimate of drug-likeness (QED) is 0.197. The Kier molecular flexibility index (Phi) is 6.48. The van der Waals surface area contributed by atoms with Gasteiger partial charge in [-0.25, -0.2) is 15.0 Å². The largest absolute Gasteiger partial charge is 0.487 e. The summed E-state index contributed by atoms with van der Waals surface area (Å²) in [4.78, 5) is 33.3. The molecule has 1 aliphatic heterocycles. The molecule has 0 spiro atoms. The molecule has 182 valence electrons. The first-order chi connectivity index (χ1) is 18.1. The van der Waals surface area contributed by atoms with Gasteiger partial charge >= 0.3 is 0 Å². The van der Waals surface area contributed by atoms with E-state index in [0.29, 0.717) is 36.8 Å². The first-order valence-electron chi connectivity index (χ1n) is 11.9. The molecule has 1 aliphatic rings. The minimum Gasteiger partial charge on any atom is -0.487 e. The molecule has 0 aliphatic carbocycles. The third-order valence-corrected chi connectivity index (χ3v) is 7.03. The normalized spacial score (nSPS) is 12.8. The maximum atomic E-state index is 13.3. The van der Waals surface area contributed by atoms with E-state index in [2.05, 4.69) is 43.6 Å². The molecule has 1 amide bonds. The van der Waals surface area contributed by atoms with Gasteiger partial charge in [0.15, 0.2) is 5.82 Å². The smallest absolute Gasteiger partial charge is 0.254 e. The highest BCUT2D eigenvalue weighted by Gasteiger charge is 2.24. The fraction of sp³-hybridized carbons (Fsp3) is 0.138. The number of benzene rings is 2. The standard InChI is InChI=1S/C29H22IN5O2/c30-27-10-9-24(16-32-27)37-18-19-5-7-20(8-6-19)29(36)35-12-11-22-14-33-28(34-26(22)17-35)23-13-21-3-1-2-4-25(21)31-15-23/h1-10,13-16H,11-12,17-18H2. The Balaban J connectivity index is 1.15. The molecule has 37 heavy (non-hydrogen) atoms. The van der Waals surface area contributed by atoms with Crippen molar-refractivity contribution in [3.63, 3.8) is 0 Å². The van der Waals surface area contributed by atoms with E-state index in [1.807, 2.05) is 71.8 Å². The van der Waals surface area contributed by atoms with Gasteiger partial charge in [-0.1, -0.05) is 30.3 Å². The highest BCUT2D eigenvalue weighted by molar-refractivity contribution is 14.1. The molecule has 0 fully saturated rings. The average Bonchev–Trinajstić information content (AvgIpc) is 2.96. The minimum atomic E-state index is -0.00696. The van der Waals surface area contributed by atoms with Gasteiger partial charge in [0.05, 0.1) is 24.0 Å². The maximum Gasteiger partial charge on any atom is 0.254 e. The Hall–Kier alpha value is -3.92. The number of amides is 1. The first kappa shape index (κ1) is 23.5. The Morgan fingerprint density at radius 3 is 2.65 bits per heavy atom. The van der Waals surface area contributed by atoms with Crippen LogP contribution in [-0.2, 0) is 19.6 Å². The summed E-state index contributed by atoms with van der Waals surface area (Å²) in [5, 5.41) is 1.04. The van der Waals surface area contributed by atoms with E-state index in [9.17, 15) is 4.79 Å². The summed E-state index contributed by atoms with van der Waals surface area (Å²) in [7, 11) is 0. The van der Waals surface area contributed by atoms with E-state index in [-0.39, 0.29) is 5.91 Å². The van der Waals surface area contributed by atoms with Crippen molar-refractivity contribution in [3.8, 4) is 17.1 Å². The van der Waals surface area contributed by atoms with Crippen molar-refractivity contribution in [2.24, 2.45) is 0 Å². The molecule has 8 heteroatoms. The molecule has 0 unspecified atom stereocenters. The van der Waals surface area contributed by atoms with Gasteiger partial charge in [-0.3, -0.25) is 9.78 Å². The zero-order valence-electron chi connectivity index (χ0n) is 19.8. The molecule has 4 heterocycles. The van der Waals surface area contributed by atoms with E-state index in [0.717, 1.165) is 43.4 Å². The second-order valence-corrected chi connectivity index (χ2v) is 9.97. The number of nitrogens with zero attached hydrogens (tertiary/aromatic N) is 5. The molecule has 0 N–H and O–H groups in total. The summed E-state index contributed by atoms with van der Waals surface area (Å²) in [6.45, 7) is 1.50. The van der Waals surface area contributed by atoms with E-state index >= 15 is 0 Å². The third-order valence-electron chi connectivity index (χ3n) is 6.39. The number of fused-ring (bicyclic) bond motifs is 2. The van der Waals surface area contributed by atoms with Crippen LogP contribution in [0, 0.1) is 3.70 Å². The number of halogens is 1. The van der Waals surface area contributed by atoms with Crippen LogP contribution in [0.4, 0.5) is 0 Å². The predicted octanol–water partition coefficient (Wildman–Crippen LogP) is 5.47. The van der Waals surface area contributed by atoms with Crippen molar-refractivity contribution in [3.05, 3.63) is 111 Å². The SMILES string of the molecule is O=C(c1ccc(COc2ccc(I)nc2)cc1)N1CCc2cnc(-c3cnc4ccccc4c3)nc2C1. The summed E-state index contributed by atoms with van der Waals surface area (Å²) in [5.41, 5.74) is 5.40. The third kappa shape index (κ3) is 5.15. The lowest BCUT2D eigenvalue weighted by atomic mass is 10.0. The van der Waals surface area contributed by atoms with Crippen LogP contribution in [0.3, 0.4) is 0 Å². The number of hydrogen-bond donors (Lipinski definition) is 0.